The van der Waals surface area contributed by atoms with Crippen LogP contribution in [-0.2, 0) is 29.7 Å². The minimum atomic E-state index is -3.33. The molecule has 31 heavy (non-hydrogen) atoms. The summed E-state index contributed by atoms with van der Waals surface area (Å²) in [7, 11) is 0.120. The SMILES string of the molecule is CCCCS(=O)(=O)Cc1cc(-c2ccc(=O)n(C)c2)nc(Oc2c(C)nn(C)c2C)n1. The Kier molecular flexibility index (Phi) is 6.59. The van der Waals surface area contributed by atoms with Crippen molar-refractivity contribution in [1.82, 2.24) is 24.3 Å². The lowest BCUT2D eigenvalue weighted by Gasteiger charge is -2.11. The quantitative estimate of drug-likeness (QED) is 0.524. The van der Waals surface area contributed by atoms with Gasteiger partial charge in [0.05, 0.1) is 28.6 Å². The van der Waals surface area contributed by atoms with Gasteiger partial charge < -0.3 is 9.30 Å². The van der Waals surface area contributed by atoms with Crippen LogP contribution in [0.4, 0.5) is 0 Å². The number of sulfone groups is 1. The molecule has 0 aliphatic heterocycles. The van der Waals surface area contributed by atoms with E-state index in [1.807, 2.05) is 27.8 Å². The van der Waals surface area contributed by atoms with E-state index in [2.05, 4.69) is 15.1 Å². The predicted molar refractivity (Wildman–Crippen MR) is 118 cm³/mol. The molecule has 0 spiro atoms. The highest BCUT2D eigenvalue weighted by Gasteiger charge is 2.18. The number of nitrogens with zero attached hydrogens (tertiary/aromatic N) is 5. The van der Waals surface area contributed by atoms with Crippen molar-refractivity contribution >= 4 is 9.84 Å². The molecule has 0 aliphatic carbocycles. The topological polar surface area (TPSA) is 109 Å². The third-order valence-corrected chi connectivity index (χ3v) is 6.60. The van der Waals surface area contributed by atoms with Gasteiger partial charge in [-0.05, 0) is 32.4 Å². The molecule has 3 aromatic heterocycles. The highest BCUT2D eigenvalue weighted by Crippen LogP contribution is 2.28. The number of hydrogen-bond donors (Lipinski definition) is 0. The highest BCUT2D eigenvalue weighted by atomic mass is 32.2. The molecule has 0 saturated carbocycles. The van der Waals surface area contributed by atoms with Crippen LogP contribution in [0.25, 0.3) is 11.3 Å². The van der Waals surface area contributed by atoms with E-state index >= 15 is 0 Å². The standard InChI is InChI=1S/C21H27N5O4S/c1-6-7-10-31(28,29)13-17-11-18(16-8-9-19(27)25(4)12-16)23-21(22-17)30-20-14(2)24-26(5)15(20)3/h8-9,11-12H,6-7,10,13H2,1-5H3. The number of unbranched alkanes of at least 4 members (excludes halogenated alkanes) is 1. The Morgan fingerprint density at radius 3 is 2.48 bits per heavy atom. The molecule has 0 aromatic carbocycles. The number of hydrogen-bond acceptors (Lipinski definition) is 7. The maximum Gasteiger partial charge on any atom is 0.322 e. The molecule has 3 rings (SSSR count). The van der Waals surface area contributed by atoms with E-state index in [0.29, 0.717) is 34.8 Å². The number of aromatic nitrogens is 5. The molecule has 166 valence electrons. The third kappa shape index (κ3) is 5.38. The lowest BCUT2D eigenvalue weighted by atomic mass is 10.2. The van der Waals surface area contributed by atoms with Crippen molar-refractivity contribution in [1.29, 1.82) is 0 Å². The maximum atomic E-state index is 12.5. The predicted octanol–water partition coefficient (Wildman–Crippen LogP) is 2.70. The molecule has 0 fully saturated rings. The molecular weight excluding hydrogens is 418 g/mol. The summed E-state index contributed by atoms with van der Waals surface area (Å²) in [5.41, 5.74) is 2.78. The smallest absolute Gasteiger partial charge is 0.322 e. The molecule has 0 radical (unpaired) electrons. The van der Waals surface area contributed by atoms with Gasteiger partial charge >= 0.3 is 6.01 Å². The average molecular weight is 446 g/mol. The first-order valence-corrected chi connectivity index (χ1v) is 11.8. The molecule has 0 aliphatic rings. The number of rotatable bonds is 8. The number of pyridine rings is 1. The fourth-order valence-electron chi connectivity index (χ4n) is 3.14. The zero-order valence-electron chi connectivity index (χ0n) is 18.4. The molecule has 10 heteroatoms. The number of ether oxygens (including phenoxy) is 1. The van der Waals surface area contributed by atoms with Crippen LogP contribution < -0.4 is 10.3 Å². The summed E-state index contributed by atoms with van der Waals surface area (Å²) in [6, 6.07) is 4.74. The second-order valence-electron chi connectivity index (χ2n) is 7.57. The fraction of sp³-hybridized carbons (Fsp3) is 0.429. The van der Waals surface area contributed by atoms with Gasteiger partial charge in [-0.3, -0.25) is 9.48 Å². The van der Waals surface area contributed by atoms with Crippen molar-refractivity contribution in [3.63, 3.8) is 0 Å². The Hall–Kier alpha value is -3.01. The minimum absolute atomic E-state index is 0.0336. The van der Waals surface area contributed by atoms with Gasteiger partial charge in [0.2, 0.25) is 5.56 Å². The van der Waals surface area contributed by atoms with Crippen LogP contribution in [0.3, 0.4) is 0 Å². The molecule has 0 bridgehead atoms. The first kappa shape index (κ1) is 22.7. The minimum Gasteiger partial charge on any atom is -0.420 e. The summed E-state index contributed by atoms with van der Waals surface area (Å²) in [6.45, 7) is 5.63. The Bertz CT molecular complexity index is 1260. The average Bonchev–Trinajstić information content (AvgIpc) is 2.94. The molecule has 0 N–H and O–H groups in total. The van der Waals surface area contributed by atoms with E-state index in [-0.39, 0.29) is 23.1 Å². The third-order valence-electron chi connectivity index (χ3n) is 4.95. The van der Waals surface area contributed by atoms with E-state index < -0.39 is 9.84 Å². The zero-order chi connectivity index (χ0) is 22.8. The van der Waals surface area contributed by atoms with E-state index in [1.54, 1.807) is 30.1 Å². The van der Waals surface area contributed by atoms with Gasteiger partial charge in [0.15, 0.2) is 15.6 Å². The van der Waals surface area contributed by atoms with Crippen molar-refractivity contribution < 1.29 is 13.2 Å². The first-order chi connectivity index (χ1) is 14.6. The van der Waals surface area contributed by atoms with E-state index in [4.69, 9.17) is 4.74 Å². The van der Waals surface area contributed by atoms with E-state index in [1.165, 1.54) is 10.6 Å². The molecule has 3 aromatic rings. The van der Waals surface area contributed by atoms with Gasteiger partial charge in [-0.25, -0.2) is 8.42 Å². The van der Waals surface area contributed by atoms with Crippen molar-refractivity contribution in [2.75, 3.05) is 5.75 Å². The second kappa shape index (κ2) is 9.01. The number of aryl methyl sites for hydroxylation is 3. The largest absolute Gasteiger partial charge is 0.420 e. The summed E-state index contributed by atoms with van der Waals surface area (Å²) in [5, 5.41) is 4.33. The zero-order valence-corrected chi connectivity index (χ0v) is 19.2. The lowest BCUT2D eigenvalue weighted by molar-refractivity contribution is 0.434. The van der Waals surface area contributed by atoms with Crippen LogP contribution in [0.15, 0.2) is 29.2 Å². The summed E-state index contributed by atoms with van der Waals surface area (Å²) < 4.78 is 34.1. The van der Waals surface area contributed by atoms with Gasteiger partial charge in [-0.15, -0.1) is 0 Å². The van der Waals surface area contributed by atoms with Crippen molar-refractivity contribution in [3.8, 4) is 23.0 Å². The van der Waals surface area contributed by atoms with Crippen LogP contribution in [0, 0.1) is 13.8 Å². The Balaban J connectivity index is 2.06. The molecular formula is C21H27N5O4S. The van der Waals surface area contributed by atoms with Gasteiger partial charge in [-0.2, -0.15) is 15.1 Å². The Morgan fingerprint density at radius 1 is 1.13 bits per heavy atom. The van der Waals surface area contributed by atoms with Crippen LogP contribution in [-0.4, -0.2) is 38.5 Å². The van der Waals surface area contributed by atoms with Crippen molar-refractivity contribution in [3.05, 3.63) is 51.8 Å². The van der Waals surface area contributed by atoms with Crippen LogP contribution in [0.2, 0.25) is 0 Å². The van der Waals surface area contributed by atoms with Crippen LogP contribution in [0.5, 0.6) is 11.8 Å². The normalized spacial score (nSPS) is 11.6. The van der Waals surface area contributed by atoms with Gasteiger partial charge in [0.1, 0.15) is 5.69 Å². The molecule has 3 heterocycles. The first-order valence-electron chi connectivity index (χ1n) is 10.0. The fourth-order valence-corrected chi connectivity index (χ4v) is 4.61. The van der Waals surface area contributed by atoms with Crippen LogP contribution in [0.1, 0.15) is 36.8 Å². The molecule has 0 atom stereocenters. The molecule has 9 nitrogen and oxygen atoms in total. The summed E-state index contributed by atoms with van der Waals surface area (Å²) >= 11 is 0. The second-order valence-corrected chi connectivity index (χ2v) is 9.75. The maximum absolute atomic E-state index is 12.5. The van der Waals surface area contributed by atoms with E-state index in [0.717, 1.165) is 12.1 Å². The van der Waals surface area contributed by atoms with Gasteiger partial charge in [-0.1, -0.05) is 13.3 Å². The van der Waals surface area contributed by atoms with E-state index in [9.17, 15) is 13.2 Å². The Morgan fingerprint density at radius 2 is 1.87 bits per heavy atom. The lowest BCUT2D eigenvalue weighted by Crippen LogP contribution is -2.14. The summed E-state index contributed by atoms with van der Waals surface area (Å²) in [5.74, 6) is 0.412. The van der Waals surface area contributed by atoms with Gasteiger partial charge in [0.25, 0.3) is 0 Å². The molecule has 0 amide bonds. The van der Waals surface area contributed by atoms with Crippen molar-refractivity contribution in [2.24, 2.45) is 14.1 Å². The summed E-state index contributed by atoms with van der Waals surface area (Å²) in [6.07, 6.45) is 3.03. The highest BCUT2D eigenvalue weighted by molar-refractivity contribution is 7.90. The molecule has 0 unspecified atom stereocenters. The van der Waals surface area contributed by atoms with Gasteiger partial charge in [0, 0.05) is 31.9 Å². The molecule has 0 saturated heterocycles. The Labute approximate surface area is 181 Å². The van der Waals surface area contributed by atoms with Crippen molar-refractivity contribution in [2.45, 2.75) is 39.4 Å². The van der Waals surface area contributed by atoms with Crippen LogP contribution >= 0.6 is 0 Å². The summed E-state index contributed by atoms with van der Waals surface area (Å²) in [4.78, 5) is 20.6. The monoisotopic (exact) mass is 445 g/mol.